The molecule has 1 aliphatic heterocycles. The largest absolute Gasteiger partial charge is 0.491 e. The van der Waals surface area contributed by atoms with E-state index in [1.165, 1.54) is 6.07 Å². The molecule has 17 heavy (non-hydrogen) atoms. The number of alkyl halides is 3. The van der Waals surface area contributed by atoms with E-state index in [-0.39, 0.29) is 0 Å². The minimum atomic E-state index is -4.35. The highest BCUT2D eigenvalue weighted by atomic mass is 19.4. The summed E-state index contributed by atoms with van der Waals surface area (Å²) in [4.78, 5) is 1.78. The summed E-state index contributed by atoms with van der Waals surface area (Å²) in [5.41, 5.74) is 0.264. The lowest BCUT2D eigenvalue weighted by atomic mass is 10.1. The molecule has 1 aliphatic rings. The van der Waals surface area contributed by atoms with E-state index < -0.39 is 11.7 Å². The van der Waals surface area contributed by atoms with Gasteiger partial charge in [-0.05, 0) is 18.2 Å². The maximum atomic E-state index is 12.6. The summed E-state index contributed by atoms with van der Waals surface area (Å²) in [6.07, 6.45) is -4.35. The van der Waals surface area contributed by atoms with E-state index in [0.717, 1.165) is 12.1 Å². The minimum absolute atomic E-state index is 0.403. The maximum Gasteiger partial charge on any atom is 0.416 e. The molecule has 0 radical (unpaired) electrons. The summed E-state index contributed by atoms with van der Waals surface area (Å²) in [7, 11) is 1.78. The summed E-state index contributed by atoms with van der Waals surface area (Å²) in [5, 5.41) is 0. The third-order valence-corrected chi connectivity index (χ3v) is 2.76. The zero-order valence-electron chi connectivity index (χ0n) is 9.34. The number of ether oxygens (including phenoxy) is 1. The highest BCUT2D eigenvalue weighted by Gasteiger charge is 2.32. The van der Waals surface area contributed by atoms with Gasteiger partial charge >= 0.3 is 6.18 Å². The summed E-state index contributed by atoms with van der Waals surface area (Å²) in [5.74, 6) is 0.451. The van der Waals surface area contributed by atoms with Crippen molar-refractivity contribution < 1.29 is 17.9 Å². The van der Waals surface area contributed by atoms with Gasteiger partial charge in [0.2, 0.25) is 0 Å². The van der Waals surface area contributed by atoms with Crippen LogP contribution in [-0.4, -0.2) is 25.1 Å². The number of hydrogen-bond donors (Lipinski definition) is 0. The Kier molecular flexibility index (Phi) is 2.77. The Labute approximate surface area is 97.3 Å². The number of rotatable bonds is 0. The number of likely N-dealkylation sites (N-methyl/N-ethyl adjacent to an activating group) is 1. The number of benzene rings is 1. The van der Waals surface area contributed by atoms with E-state index in [9.17, 15) is 13.2 Å². The molecule has 0 atom stereocenters. The second-order valence-electron chi connectivity index (χ2n) is 3.93. The Morgan fingerprint density at radius 3 is 2.71 bits per heavy atom. The van der Waals surface area contributed by atoms with Crippen molar-refractivity contribution in [3.63, 3.8) is 0 Å². The van der Waals surface area contributed by atoms with Crippen LogP contribution in [0.2, 0.25) is 0 Å². The third kappa shape index (κ3) is 2.23. The standard InChI is InChI=1S/C12H12F3NO/c1-8-10-7-9(12(13,14)15)3-4-11(10)17-6-5-16(8)2/h3-4,7H,1,5-6H2,2H3. The summed E-state index contributed by atoms with van der Waals surface area (Å²) in [6.45, 7) is 4.84. The van der Waals surface area contributed by atoms with Gasteiger partial charge in [-0.15, -0.1) is 0 Å². The first kappa shape index (κ1) is 11.8. The molecule has 0 saturated carbocycles. The number of hydrogen-bond acceptors (Lipinski definition) is 2. The zero-order chi connectivity index (χ0) is 12.6. The van der Waals surface area contributed by atoms with Crippen LogP contribution in [0.15, 0.2) is 24.8 Å². The molecule has 0 amide bonds. The second kappa shape index (κ2) is 3.98. The van der Waals surface area contributed by atoms with Gasteiger partial charge in [-0.1, -0.05) is 6.58 Å². The van der Waals surface area contributed by atoms with E-state index in [1.807, 2.05) is 0 Å². The molecule has 0 N–H and O–H groups in total. The van der Waals surface area contributed by atoms with Crippen LogP contribution >= 0.6 is 0 Å². The summed E-state index contributed by atoms with van der Waals surface area (Å²) >= 11 is 0. The van der Waals surface area contributed by atoms with Gasteiger partial charge in [-0.25, -0.2) is 0 Å². The van der Waals surface area contributed by atoms with Crippen molar-refractivity contribution in [3.8, 4) is 5.75 Å². The molecule has 0 fully saturated rings. The van der Waals surface area contributed by atoms with Crippen LogP contribution in [0.3, 0.4) is 0 Å². The maximum absolute atomic E-state index is 12.6. The predicted molar refractivity (Wildman–Crippen MR) is 58.6 cm³/mol. The van der Waals surface area contributed by atoms with Crippen molar-refractivity contribution >= 4 is 5.70 Å². The molecule has 2 nitrogen and oxygen atoms in total. The Morgan fingerprint density at radius 1 is 1.35 bits per heavy atom. The Hall–Kier alpha value is -1.65. The Morgan fingerprint density at radius 2 is 2.06 bits per heavy atom. The van der Waals surface area contributed by atoms with Crippen LogP contribution in [0.25, 0.3) is 5.70 Å². The van der Waals surface area contributed by atoms with Crippen LogP contribution in [0.1, 0.15) is 11.1 Å². The molecule has 0 spiro atoms. The van der Waals surface area contributed by atoms with Gasteiger partial charge in [0.15, 0.2) is 0 Å². The lowest BCUT2D eigenvalue weighted by Crippen LogP contribution is -2.19. The molecular formula is C12H12F3NO. The molecule has 1 aromatic carbocycles. The topological polar surface area (TPSA) is 12.5 Å². The first-order valence-corrected chi connectivity index (χ1v) is 5.14. The average molecular weight is 243 g/mol. The van der Waals surface area contributed by atoms with Crippen molar-refractivity contribution in [2.45, 2.75) is 6.18 Å². The second-order valence-corrected chi connectivity index (χ2v) is 3.93. The third-order valence-electron chi connectivity index (χ3n) is 2.76. The van der Waals surface area contributed by atoms with Gasteiger partial charge in [-0.2, -0.15) is 13.2 Å². The molecule has 2 rings (SSSR count). The van der Waals surface area contributed by atoms with Crippen LogP contribution in [0.5, 0.6) is 5.75 Å². The quantitative estimate of drug-likeness (QED) is 0.694. The molecular weight excluding hydrogens is 231 g/mol. The van der Waals surface area contributed by atoms with E-state index in [0.29, 0.717) is 30.2 Å². The molecule has 0 saturated heterocycles. The minimum Gasteiger partial charge on any atom is -0.491 e. The average Bonchev–Trinajstić information content (AvgIpc) is 2.39. The fraction of sp³-hybridized carbons (Fsp3) is 0.333. The highest BCUT2D eigenvalue weighted by molar-refractivity contribution is 5.68. The molecule has 92 valence electrons. The first-order chi connectivity index (χ1) is 7.89. The first-order valence-electron chi connectivity index (χ1n) is 5.14. The van der Waals surface area contributed by atoms with Gasteiger partial charge in [-0.3, -0.25) is 0 Å². The molecule has 0 bridgehead atoms. The van der Waals surface area contributed by atoms with Gasteiger partial charge in [0.1, 0.15) is 12.4 Å². The summed E-state index contributed by atoms with van der Waals surface area (Å²) in [6, 6.07) is 3.46. The van der Waals surface area contributed by atoms with E-state index in [2.05, 4.69) is 6.58 Å². The molecule has 0 aromatic heterocycles. The fourth-order valence-electron chi connectivity index (χ4n) is 1.69. The van der Waals surface area contributed by atoms with E-state index in [1.54, 1.807) is 11.9 Å². The summed E-state index contributed by atoms with van der Waals surface area (Å²) < 4.78 is 43.2. The molecule has 0 unspecified atom stereocenters. The number of fused-ring (bicyclic) bond motifs is 1. The fourth-order valence-corrected chi connectivity index (χ4v) is 1.69. The van der Waals surface area contributed by atoms with Crippen molar-refractivity contribution in [2.75, 3.05) is 20.2 Å². The lowest BCUT2D eigenvalue weighted by molar-refractivity contribution is -0.137. The van der Waals surface area contributed by atoms with E-state index >= 15 is 0 Å². The number of halogens is 3. The van der Waals surface area contributed by atoms with E-state index in [4.69, 9.17) is 4.74 Å². The van der Waals surface area contributed by atoms with Gasteiger partial charge < -0.3 is 9.64 Å². The van der Waals surface area contributed by atoms with Crippen molar-refractivity contribution in [2.24, 2.45) is 0 Å². The van der Waals surface area contributed by atoms with Crippen LogP contribution in [0.4, 0.5) is 13.2 Å². The van der Waals surface area contributed by atoms with Crippen LogP contribution in [-0.2, 0) is 6.18 Å². The van der Waals surface area contributed by atoms with Crippen LogP contribution in [0, 0.1) is 0 Å². The van der Waals surface area contributed by atoms with Gasteiger partial charge in [0.25, 0.3) is 0 Å². The van der Waals surface area contributed by atoms with Crippen molar-refractivity contribution in [1.82, 2.24) is 4.90 Å². The van der Waals surface area contributed by atoms with Crippen molar-refractivity contribution in [3.05, 3.63) is 35.9 Å². The zero-order valence-corrected chi connectivity index (χ0v) is 9.34. The number of nitrogens with zero attached hydrogens (tertiary/aromatic N) is 1. The Balaban J connectivity index is 2.49. The normalized spacial score (nSPS) is 16.2. The molecule has 0 aliphatic carbocycles. The monoisotopic (exact) mass is 243 g/mol. The molecule has 1 aromatic rings. The molecule has 5 heteroatoms. The van der Waals surface area contributed by atoms with Crippen LogP contribution < -0.4 is 4.74 Å². The SMILES string of the molecule is C=C1c2cc(C(F)(F)F)ccc2OCCN1C. The molecule has 1 heterocycles. The van der Waals surface area contributed by atoms with Gasteiger partial charge in [0, 0.05) is 18.3 Å². The van der Waals surface area contributed by atoms with Crippen molar-refractivity contribution in [1.29, 1.82) is 0 Å². The Bertz CT molecular complexity index is 454. The van der Waals surface area contributed by atoms with Gasteiger partial charge in [0.05, 0.1) is 12.1 Å². The lowest BCUT2D eigenvalue weighted by Gasteiger charge is -2.18. The highest BCUT2D eigenvalue weighted by Crippen LogP contribution is 2.36. The smallest absolute Gasteiger partial charge is 0.416 e. The predicted octanol–water partition coefficient (Wildman–Crippen LogP) is 3.00.